The van der Waals surface area contributed by atoms with E-state index in [2.05, 4.69) is 21.2 Å². The van der Waals surface area contributed by atoms with Crippen LogP contribution in [0.2, 0.25) is 10.0 Å². The van der Waals surface area contributed by atoms with Gasteiger partial charge in [-0.1, -0.05) is 41.4 Å². The summed E-state index contributed by atoms with van der Waals surface area (Å²) in [6.45, 7) is 0.180. The number of hydrogen-bond acceptors (Lipinski definition) is 6. The molecule has 0 aliphatic carbocycles. The lowest BCUT2D eigenvalue weighted by Crippen LogP contribution is -2.14. The number of amides is 1. The van der Waals surface area contributed by atoms with E-state index in [4.69, 9.17) is 32.7 Å². The minimum atomic E-state index is -0.827. The number of nitro groups is 1. The van der Waals surface area contributed by atoms with Gasteiger partial charge in [0.05, 0.1) is 27.6 Å². The van der Waals surface area contributed by atoms with Gasteiger partial charge in [-0.25, -0.2) is 0 Å². The fourth-order valence-electron chi connectivity index (χ4n) is 2.97. The Hall–Kier alpha value is -3.58. The quantitative estimate of drug-likeness (QED) is 0.136. The smallest absolute Gasteiger partial charge is 0.296 e. The van der Waals surface area contributed by atoms with Crippen LogP contribution >= 0.6 is 39.1 Å². The number of hydrogen-bond donors (Lipinski definition) is 1. The highest BCUT2D eigenvalue weighted by Crippen LogP contribution is 2.36. The second kappa shape index (κ2) is 11.7. The first-order valence-corrected chi connectivity index (χ1v) is 11.4. The molecule has 0 radical (unpaired) electrons. The number of carbonyl (C=O) groups is 1. The minimum absolute atomic E-state index is 0.0792. The van der Waals surface area contributed by atoms with Crippen LogP contribution < -0.4 is 14.8 Å². The van der Waals surface area contributed by atoms with E-state index in [0.717, 1.165) is 5.56 Å². The van der Waals surface area contributed by atoms with E-state index in [1.54, 1.807) is 18.2 Å². The van der Waals surface area contributed by atoms with E-state index in [9.17, 15) is 20.2 Å². The van der Waals surface area contributed by atoms with Gasteiger partial charge in [0, 0.05) is 10.6 Å². The number of carbonyl (C=O) groups excluding carboxylic acids is 1. The minimum Gasteiger partial charge on any atom is -0.496 e. The lowest BCUT2D eigenvalue weighted by atomic mass is 10.1. The number of nitriles is 1. The summed E-state index contributed by atoms with van der Waals surface area (Å²) in [5.41, 5.74) is 0.466. The van der Waals surface area contributed by atoms with E-state index >= 15 is 0 Å². The first kappa shape index (κ1) is 26.0. The molecule has 35 heavy (non-hydrogen) atoms. The summed E-state index contributed by atoms with van der Waals surface area (Å²) in [7, 11) is 1.37. The van der Waals surface area contributed by atoms with Crippen molar-refractivity contribution in [3.63, 3.8) is 0 Å². The number of nitro benzene ring substituents is 1. The summed E-state index contributed by atoms with van der Waals surface area (Å²) in [5, 5.41) is 24.0. The molecule has 0 bridgehead atoms. The molecule has 0 fully saturated rings. The highest BCUT2D eigenvalue weighted by molar-refractivity contribution is 9.10. The molecule has 0 atom stereocenters. The molecule has 0 aromatic heterocycles. The zero-order chi connectivity index (χ0) is 25.5. The lowest BCUT2D eigenvalue weighted by molar-refractivity contribution is -0.384. The van der Waals surface area contributed by atoms with E-state index in [0.29, 0.717) is 20.8 Å². The van der Waals surface area contributed by atoms with Gasteiger partial charge in [0.1, 0.15) is 29.7 Å². The molecule has 1 amide bonds. The Morgan fingerprint density at radius 1 is 1.20 bits per heavy atom. The largest absolute Gasteiger partial charge is 0.496 e. The lowest BCUT2D eigenvalue weighted by Gasteiger charge is -2.12. The fourth-order valence-corrected chi connectivity index (χ4v) is 4.15. The summed E-state index contributed by atoms with van der Waals surface area (Å²) in [6.07, 6.45) is 1.30. The van der Waals surface area contributed by atoms with Crippen molar-refractivity contribution in [3.05, 3.63) is 95.9 Å². The topological polar surface area (TPSA) is 114 Å². The molecule has 8 nitrogen and oxygen atoms in total. The SMILES string of the molecule is COc1ccc(NC(=O)/C(C#N)=C/c2cc(Cl)c(OCc3ccccc3Cl)c(Br)c2)c([N+](=O)[O-])c1. The molecule has 11 heteroatoms. The first-order valence-electron chi connectivity index (χ1n) is 9.84. The summed E-state index contributed by atoms with van der Waals surface area (Å²) in [6, 6.07) is 16.1. The Morgan fingerprint density at radius 2 is 1.94 bits per heavy atom. The van der Waals surface area contributed by atoms with E-state index in [1.807, 2.05) is 18.2 Å². The predicted molar refractivity (Wildman–Crippen MR) is 137 cm³/mol. The molecular weight excluding hydrogens is 561 g/mol. The van der Waals surface area contributed by atoms with Crippen LogP contribution in [0.5, 0.6) is 11.5 Å². The number of nitrogens with one attached hydrogen (secondary N) is 1. The van der Waals surface area contributed by atoms with Crippen molar-refractivity contribution in [1.82, 2.24) is 0 Å². The second-order valence-corrected chi connectivity index (χ2v) is 8.63. The Labute approximate surface area is 219 Å². The van der Waals surface area contributed by atoms with Gasteiger partial charge in [0.2, 0.25) is 0 Å². The Kier molecular flexibility index (Phi) is 8.71. The molecular formula is C24H16BrCl2N3O5. The molecule has 3 aromatic carbocycles. The third-order valence-corrected chi connectivity index (χ3v) is 5.91. The van der Waals surface area contributed by atoms with Gasteiger partial charge in [-0.05, 0) is 57.9 Å². The van der Waals surface area contributed by atoms with Gasteiger partial charge >= 0.3 is 0 Å². The third kappa shape index (κ3) is 6.51. The number of methoxy groups -OCH3 is 1. The highest BCUT2D eigenvalue weighted by Gasteiger charge is 2.19. The molecule has 3 aromatic rings. The fraction of sp³-hybridized carbons (Fsp3) is 0.0833. The predicted octanol–water partition coefficient (Wildman–Crippen LogP) is 6.80. The Balaban J connectivity index is 1.82. The summed E-state index contributed by atoms with van der Waals surface area (Å²) in [4.78, 5) is 23.4. The molecule has 0 aliphatic rings. The third-order valence-electron chi connectivity index (χ3n) is 4.68. The average Bonchev–Trinajstić information content (AvgIpc) is 2.83. The number of anilines is 1. The molecule has 0 saturated carbocycles. The maximum atomic E-state index is 12.7. The monoisotopic (exact) mass is 575 g/mol. The van der Waals surface area contributed by atoms with Gasteiger partial charge in [0.15, 0.2) is 5.75 Å². The standard InChI is InChI=1S/C24H16BrCl2N3O5/c1-34-17-6-7-21(22(11-17)30(32)33)29-24(31)16(12-28)8-14-9-18(25)23(20(27)10-14)35-13-15-4-2-3-5-19(15)26/h2-11H,13H2,1H3,(H,29,31)/b16-8+. The average molecular weight is 577 g/mol. The van der Waals surface area contributed by atoms with Crippen LogP contribution in [0.15, 0.2) is 64.6 Å². The molecule has 0 aliphatic heterocycles. The van der Waals surface area contributed by atoms with Crippen molar-refractivity contribution in [3.8, 4) is 17.6 Å². The number of rotatable bonds is 8. The maximum Gasteiger partial charge on any atom is 0.296 e. The number of benzene rings is 3. The van der Waals surface area contributed by atoms with E-state index in [-0.39, 0.29) is 34.3 Å². The molecule has 178 valence electrons. The maximum absolute atomic E-state index is 12.7. The number of ether oxygens (including phenoxy) is 2. The normalized spacial score (nSPS) is 10.9. The molecule has 0 unspecified atom stereocenters. The van der Waals surface area contributed by atoms with Crippen LogP contribution in [0, 0.1) is 21.4 Å². The summed E-state index contributed by atoms with van der Waals surface area (Å²) < 4.78 is 11.3. The summed E-state index contributed by atoms with van der Waals surface area (Å²) >= 11 is 15.9. The van der Waals surface area contributed by atoms with E-state index < -0.39 is 10.8 Å². The molecule has 1 N–H and O–H groups in total. The van der Waals surface area contributed by atoms with Crippen LogP contribution in [0.3, 0.4) is 0 Å². The van der Waals surface area contributed by atoms with Crippen LogP contribution in [0.4, 0.5) is 11.4 Å². The molecule has 0 spiro atoms. The van der Waals surface area contributed by atoms with Gasteiger partial charge in [0.25, 0.3) is 11.6 Å². The van der Waals surface area contributed by atoms with Crippen molar-refractivity contribution >= 4 is 62.5 Å². The van der Waals surface area contributed by atoms with Gasteiger partial charge in [-0.2, -0.15) is 5.26 Å². The molecule has 3 rings (SSSR count). The van der Waals surface area contributed by atoms with Crippen molar-refractivity contribution in [2.45, 2.75) is 6.61 Å². The van der Waals surface area contributed by atoms with Crippen LogP contribution in [0.1, 0.15) is 11.1 Å². The second-order valence-electron chi connectivity index (χ2n) is 6.96. The van der Waals surface area contributed by atoms with Crippen molar-refractivity contribution in [1.29, 1.82) is 5.26 Å². The zero-order valence-corrected chi connectivity index (χ0v) is 21.1. The van der Waals surface area contributed by atoms with Gasteiger partial charge in [-0.3, -0.25) is 14.9 Å². The van der Waals surface area contributed by atoms with Crippen molar-refractivity contribution < 1.29 is 19.2 Å². The van der Waals surface area contributed by atoms with E-state index in [1.165, 1.54) is 37.5 Å². The summed E-state index contributed by atoms with van der Waals surface area (Å²) in [5.74, 6) is -0.213. The number of nitrogens with zero attached hydrogens (tertiary/aromatic N) is 2. The van der Waals surface area contributed by atoms with Crippen LogP contribution in [-0.2, 0) is 11.4 Å². The zero-order valence-electron chi connectivity index (χ0n) is 18.1. The molecule has 0 heterocycles. The van der Waals surface area contributed by atoms with Crippen LogP contribution in [0.25, 0.3) is 6.08 Å². The van der Waals surface area contributed by atoms with Crippen molar-refractivity contribution in [2.24, 2.45) is 0 Å². The van der Waals surface area contributed by atoms with Gasteiger partial charge < -0.3 is 14.8 Å². The molecule has 0 saturated heterocycles. The Bertz CT molecular complexity index is 1350. The van der Waals surface area contributed by atoms with Crippen LogP contribution in [-0.4, -0.2) is 17.9 Å². The van der Waals surface area contributed by atoms with Crippen molar-refractivity contribution in [2.75, 3.05) is 12.4 Å². The van der Waals surface area contributed by atoms with Gasteiger partial charge in [-0.15, -0.1) is 0 Å². The highest BCUT2D eigenvalue weighted by atomic mass is 79.9. The first-order chi connectivity index (χ1) is 16.7. The Morgan fingerprint density at radius 3 is 2.57 bits per heavy atom. The number of halogens is 3.